The Bertz CT molecular complexity index is 620. The summed E-state index contributed by atoms with van der Waals surface area (Å²) in [5, 5.41) is 3.18. The van der Waals surface area contributed by atoms with Crippen molar-refractivity contribution in [3.63, 3.8) is 0 Å². The SMILES string of the molecule is Cc1cc(C)nc(NC(=O)c2cc(Cl)ccc2N)c1. The Kier molecular flexibility index (Phi) is 3.71. The van der Waals surface area contributed by atoms with Crippen molar-refractivity contribution in [3.05, 3.63) is 52.2 Å². The molecule has 0 fully saturated rings. The van der Waals surface area contributed by atoms with E-state index in [1.54, 1.807) is 18.2 Å². The number of amides is 1. The molecule has 0 saturated carbocycles. The van der Waals surface area contributed by atoms with Gasteiger partial charge >= 0.3 is 0 Å². The molecule has 0 saturated heterocycles. The Balaban J connectivity index is 2.28. The first kappa shape index (κ1) is 13.4. The summed E-state index contributed by atoms with van der Waals surface area (Å²) in [6, 6.07) is 8.51. The van der Waals surface area contributed by atoms with Crippen molar-refractivity contribution in [2.24, 2.45) is 0 Å². The summed E-state index contributed by atoms with van der Waals surface area (Å²) in [5.41, 5.74) is 8.36. The van der Waals surface area contributed by atoms with Gasteiger partial charge in [-0.15, -0.1) is 0 Å². The fourth-order valence-corrected chi connectivity index (χ4v) is 1.99. The summed E-state index contributed by atoms with van der Waals surface area (Å²) in [6.45, 7) is 3.81. The molecule has 0 radical (unpaired) electrons. The molecular formula is C14H14ClN3O. The number of aryl methyl sites for hydroxylation is 2. The van der Waals surface area contributed by atoms with E-state index in [0.29, 0.717) is 22.1 Å². The number of carbonyl (C=O) groups is 1. The number of nitrogens with zero attached hydrogens (tertiary/aromatic N) is 1. The number of hydrogen-bond acceptors (Lipinski definition) is 3. The van der Waals surface area contributed by atoms with Crippen molar-refractivity contribution in [2.75, 3.05) is 11.1 Å². The molecule has 0 atom stereocenters. The number of halogens is 1. The Hall–Kier alpha value is -2.07. The lowest BCUT2D eigenvalue weighted by atomic mass is 10.1. The van der Waals surface area contributed by atoms with Gasteiger partial charge in [0.1, 0.15) is 5.82 Å². The third-order valence-corrected chi connectivity index (χ3v) is 2.83. The minimum Gasteiger partial charge on any atom is -0.398 e. The molecule has 0 bridgehead atoms. The highest BCUT2D eigenvalue weighted by atomic mass is 35.5. The molecule has 0 unspecified atom stereocenters. The molecule has 1 aromatic carbocycles. The minimum atomic E-state index is -0.322. The van der Waals surface area contributed by atoms with E-state index in [-0.39, 0.29) is 5.91 Å². The van der Waals surface area contributed by atoms with Crippen LogP contribution in [0.3, 0.4) is 0 Å². The van der Waals surface area contributed by atoms with Crippen LogP contribution in [0, 0.1) is 13.8 Å². The maximum atomic E-state index is 12.1. The van der Waals surface area contributed by atoms with E-state index in [1.165, 1.54) is 6.07 Å². The van der Waals surface area contributed by atoms with Crippen molar-refractivity contribution >= 4 is 29.0 Å². The number of hydrogen-bond donors (Lipinski definition) is 2. The van der Waals surface area contributed by atoms with E-state index >= 15 is 0 Å². The lowest BCUT2D eigenvalue weighted by Crippen LogP contribution is -2.15. The quantitative estimate of drug-likeness (QED) is 0.827. The van der Waals surface area contributed by atoms with Crippen molar-refractivity contribution in [3.8, 4) is 0 Å². The molecule has 3 N–H and O–H groups in total. The van der Waals surface area contributed by atoms with Gasteiger partial charge in [-0.25, -0.2) is 4.98 Å². The van der Waals surface area contributed by atoms with Crippen molar-refractivity contribution in [1.29, 1.82) is 0 Å². The van der Waals surface area contributed by atoms with Crippen molar-refractivity contribution in [2.45, 2.75) is 13.8 Å². The molecule has 5 heteroatoms. The van der Waals surface area contributed by atoms with Crippen LogP contribution in [0.15, 0.2) is 30.3 Å². The van der Waals surface area contributed by atoms with Crippen LogP contribution in [0.5, 0.6) is 0 Å². The molecular weight excluding hydrogens is 262 g/mol. The number of anilines is 2. The first-order valence-electron chi connectivity index (χ1n) is 5.77. The Labute approximate surface area is 116 Å². The van der Waals surface area contributed by atoms with Gasteiger partial charge in [-0.2, -0.15) is 0 Å². The summed E-state index contributed by atoms with van der Waals surface area (Å²) in [6.07, 6.45) is 0. The third kappa shape index (κ3) is 3.23. The van der Waals surface area contributed by atoms with Gasteiger partial charge in [0.15, 0.2) is 0 Å². The van der Waals surface area contributed by atoms with E-state index in [4.69, 9.17) is 17.3 Å². The standard InChI is InChI=1S/C14H14ClN3O/c1-8-5-9(2)17-13(6-8)18-14(19)11-7-10(15)3-4-12(11)16/h3-7H,16H2,1-2H3,(H,17,18,19). The molecule has 98 valence electrons. The van der Waals surface area contributed by atoms with E-state index in [0.717, 1.165) is 11.3 Å². The fraction of sp³-hybridized carbons (Fsp3) is 0.143. The number of nitrogen functional groups attached to an aromatic ring is 1. The van der Waals surface area contributed by atoms with Gasteiger partial charge < -0.3 is 11.1 Å². The van der Waals surface area contributed by atoms with E-state index < -0.39 is 0 Å². The highest BCUT2D eigenvalue weighted by Crippen LogP contribution is 2.19. The van der Waals surface area contributed by atoms with Gasteiger partial charge in [-0.3, -0.25) is 4.79 Å². The molecule has 2 aromatic rings. The molecule has 2 rings (SSSR count). The normalized spacial score (nSPS) is 10.3. The molecule has 0 aliphatic carbocycles. The number of rotatable bonds is 2. The predicted octanol–water partition coefficient (Wildman–Crippen LogP) is 3.19. The summed E-state index contributed by atoms with van der Waals surface area (Å²) >= 11 is 5.86. The predicted molar refractivity (Wildman–Crippen MR) is 77.5 cm³/mol. The molecule has 1 aromatic heterocycles. The van der Waals surface area contributed by atoms with Gasteiger partial charge in [0.2, 0.25) is 0 Å². The van der Waals surface area contributed by atoms with E-state index in [1.807, 2.05) is 19.9 Å². The first-order chi connectivity index (χ1) is 8.95. The molecule has 1 amide bonds. The first-order valence-corrected chi connectivity index (χ1v) is 6.15. The maximum Gasteiger partial charge on any atom is 0.258 e. The summed E-state index contributed by atoms with van der Waals surface area (Å²) in [7, 11) is 0. The molecule has 0 spiro atoms. The molecule has 0 aliphatic heterocycles. The van der Waals surface area contributed by atoms with Crippen LogP contribution in [0.2, 0.25) is 5.02 Å². The second kappa shape index (κ2) is 5.28. The highest BCUT2D eigenvalue weighted by molar-refractivity contribution is 6.31. The number of carbonyl (C=O) groups excluding carboxylic acids is 1. The lowest BCUT2D eigenvalue weighted by Gasteiger charge is -2.08. The Morgan fingerprint density at radius 3 is 2.68 bits per heavy atom. The highest BCUT2D eigenvalue weighted by Gasteiger charge is 2.11. The van der Waals surface area contributed by atoms with Crippen LogP contribution in [-0.4, -0.2) is 10.9 Å². The van der Waals surface area contributed by atoms with Crippen LogP contribution < -0.4 is 11.1 Å². The maximum absolute atomic E-state index is 12.1. The average Bonchev–Trinajstić information content (AvgIpc) is 2.30. The fourth-order valence-electron chi connectivity index (χ4n) is 1.81. The van der Waals surface area contributed by atoms with Gasteiger partial charge in [0.25, 0.3) is 5.91 Å². The molecule has 0 aliphatic rings. The number of aromatic nitrogens is 1. The average molecular weight is 276 g/mol. The smallest absolute Gasteiger partial charge is 0.258 e. The molecule has 4 nitrogen and oxygen atoms in total. The zero-order valence-corrected chi connectivity index (χ0v) is 11.5. The second-order valence-electron chi connectivity index (χ2n) is 4.36. The summed E-state index contributed by atoms with van der Waals surface area (Å²) in [5.74, 6) is 0.180. The largest absolute Gasteiger partial charge is 0.398 e. The number of pyridine rings is 1. The molecule has 19 heavy (non-hydrogen) atoms. The van der Waals surface area contributed by atoms with Crippen LogP contribution in [-0.2, 0) is 0 Å². The van der Waals surface area contributed by atoms with Gasteiger partial charge in [-0.1, -0.05) is 11.6 Å². The van der Waals surface area contributed by atoms with Gasteiger partial charge in [-0.05, 0) is 49.7 Å². The van der Waals surface area contributed by atoms with Crippen LogP contribution in [0.4, 0.5) is 11.5 Å². The molecule has 1 heterocycles. The van der Waals surface area contributed by atoms with Crippen LogP contribution in [0.25, 0.3) is 0 Å². The van der Waals surface area contributed by atoms with Crippen LogP contribution >= 0.6 is 11.6 Å². The summed E-state index contributed by atoms with van der Waals surface area (Å²) in [4.78, 5) is 16.4. The monoisotopic (exact) mass is 275 g/mol. The Morgan fingerprint density at radius 2 is 2.00 bits per heavy atom. The van der Waals surface area contributed by atoms with Gasteiger partial charge in [0, 0.05) is 16.4 Å². The zero-order chi connectivity index (χ0) is 14.0. The zero-order valence-electron chi connectivity index (χ0n) is 10.7. The van der Waals surface area contributed by atoms with Gasteiger partial charge in [0.05, 0.1) is 5.56 Å². The summed E-state index contributed by atoms with van der Waals surface area (Å²) < 4.78 is 0. The van der Waals surface area contributed by atoms with E-state index in [2.05, 4.69) is 10.3 Å². The number of nitrogens with two attached hydrogens (primary N) is 1. The van der Waals surface area contributed by atoms with Crippen molar-refractivity contribution < 1.29 is 4.79 Å². The minimum absolute atomic E-state index is 0.322. The Morgan fingerprint density at radius 1 is 1.26 bits per heavy atom. The van der Waals surface area contributed by atoms with E-state index in [9.17, 15) is 4.79 Å². The lowest BCUT2D eigenvalue weighted by molar-refractivity contribution is 0.102. The topological polar surface area (TPSA) is 68.0 Å². The van der Waals surface area contributed by atoms with Crippen LogP contribution in [0.1, 0.15) is 21.6 Å². The third-order valence-electron chi connectivity index (χ3n) is 2.60. The van der Waals surface area contributed by atoms with Crippen molar-refractivity contribution in [1.82, 2.24) is 4.98 Å². The number of nitrogens with one attached hydrogen (secondary N) is 1. The second-order valence-corrected chi connectivity index (χ2v) is 4.79. The number of benzene rings is 1.